The molecule has 3 fully saturated rings. The highest BCUT2D eigenvalue weighted by Gasteiger charge is 2.57. The number of ether oxygens (including phenoxy) is 2. The van der Waals surface area contributed by atoms with Crippen LogP contribution in [0.1, 0.15) is 19.8 Å². The zero-order chi connectivity index (χ0) is 13.5. The molecule has 5 nitrogen and oxygen atoms in total. The predicted octanol–water partition coefficient (Wildman–Crippen LogP) is 0.345. The third-order valence-corrected chi connectivity index (χ3v) is 4.96. The van der Waals surface area contributed by atoms with Crippen molar-refractivity contribution in [2.75, 3.05) is 46.5 Å². The molecule has 2 unspecified atom stereocenters. The van der Waals surface area contributed by atoms with Gasteiger partial charge in [-0.05, 0) is 18.8 Å². The summed E-state index contributed by atoms with van der Waals surface area (Å²) in [5, 5.41) is 0. The molecule has 0 saturated carbocycles. The fraction of sp³-hybridized carbons (Fsp3) is 0.929. The zero-order valence-electron chi connectivity index (χ0n) is 11.9. The highest BCUT2D eigenvalue weighted by Crippen LogP contribution is 2.43. The second-order valence-electron chi connectivity index (χ2n) is 6.24. The molecule has 3 heterocycles. The van der Waals surface area contributed by atoms with Gasteiger partial charge in [-0.15, -0.1) is 0 Å². The summed E-state index contributed by atoms with van der Waals surface area (Å²) in [4.78, 5) is 17.1. The van der Waals surface area contributed by atoms with Crippen LogP contribution >= 0.6 is 0 Å². The molecule has 19 heavy (non-hydrogen) atoms. The molecule has 5 heteroatoms. The van der Waals surface area contributed by atoms with Crippen molar-refractivity contribution in [2.24, 2.45) is 5.92 Å². The lowest BCUT2D eigenvalue weighted by Gasteiger charge is -2.32. The van der Waals surface area contributed by atoms with E-state index < -0.39 is 0 Å². The van der Waals surface area contributed by atoms with Crippen molar-refractivity contribution in [3.63, 3.8) is 0 Å². The lowest BCUT2D eigenvalue weighted by molar-refractivity contribution is -0.151. The Bertz CT molecular complexity index is 357. The van der Waals surface area contributed by atoms with Gasteiger partial charge in [0.25, 0.3) is 0 Å². The highest BCUT2D eigenvalue weighted by molar-refractivity contribution is 5.82. The number of hydrogen-bond donors (Lipinski definition) is 0. The maximum absolute atomic E-state index is 12.3. The smallest absolute Gasteiger partial charge is 0.326 e. The van der Waals surface area contributed by atoms with E-state index in [0.717, 1.165) is 52.2 Å². The molecule has 3 rings (SSSR count). The lowest BCUT2D eigenvalue weighted by Crippen LogP contribution is -2.46. The molecule has 3 saturated heterocycles. The molecule has 3 aliphatic heterocycles. The molecule has 3 atom stereocenters. The number of carbonyl (C=O) groups excluding carboxylic acids is 1. The van der Waals surface area contributed by atoms with Crippen LogP contribution in [-0.2, 0) is 14.3 Å². The van der Waals surface area contributed by atoms with Crippen molar-refractivity contribution >= 4 is 5.97 Å². The van der Waals surface area contributed by atoms with E-state index in [1.165, 1.54) is 7.11 Å². The average Bonchev–Trinajstić information content (AvgIpc) is 2.92. The molecule has 3 aliphatic rings. The zero-order valence-corrected chi connectivity index (χ0v) is 11.9. The van der Waals surface area contributed by atoms with Crippen LogP contribution in [0.25, 0.3) is 0 Å². The van der Waals surface area contributed by atoms with Gasteiger partial charge in [0.1, 0.15) is 5.54 Å². The van der Waals surface area contributed by atoms with Crippen LogP contribution in [0.2, 0.25) is 0 Å². The van der Waals surface area contributed by atoms with Gasteiger partial charge in [0.15, 0.2) is 0 Å². The van der Waals surface area contributed by atoms with Gasteiger partial charge in [-0.25, -0.2) is 0 Å². The van der Waals surface area contributed by atoms with Crippen molar-refractivity contribution in [2.45, 2.75) is 31.3 Å². The molecule has 108 valence electrons. The van der Waals surface area contributed by atoms with Gasteiger partial charge in [-0.1, -0.05) is 6.92 Å². The van der Waals surface area contributed by atoms with E-state index in [0.29, 0.717) is 12.0 Å². The van der Waals surface area contributed by atoms with Crippen molar-refractivity contribution in [1.82, 2.24) is 9.80 Å². The Hall–Kier alpha value is -0.650. The summed E-state index contributed by atoms with van der Waals surface area (Å²) in [6.07, 6.45) is 1.87. The minimum atomic E-state index is -0.350. The van der Waals surface area contributed by atoms with E-state index in [1.807, 2.05) is 0 Å². The summed E-state index contributed by atoms with van der Waals surface area (Å²) >= 11 is 0. The third-order valence-electron chi connectivity index (χ3n) is 4.96. The maximum atomic E-state index is 12.3. The Kier molecular flexibility index (Phi) is 3.53. The molecule has 0 aromatic carbocycles. The Morgan fingerprint density at radius 3 is 2.68 bits per heavy atom. The monoisotopic (exact) mass is 268 g/mol. The molecule has 0 aliphatic carbocycles. The highest BCUT2D eigenvalue weighted by atomic mass is 16.5. The summed E-state index contributed by atoms with van der Waals surface area (Å²) in [7, 11) is 1.51. The van der Waals surface area contributed by atoms with Crippen molar-refractivity contribution in [3.8, 4) is 0 Å². The van der Waals surface area contributed by atoms with E-state index in [2.05, 4.69) is 16.7 Å². The summed E-state index contributed by atoms with van der Waals surface area (Å²) in [5.41, 5.74) is -0.350. The van der Waals surface area contributed by atoms with Crippen LogP contribution < -0.4 is 0 Å². The van der Waals surface area contributed by atoms with Crippen molar-refractivity contribution < 1.29 is 14.3 Å². The SMILES string of the molecule is COC(=O)[C@@]12CC(C)CN1CC(N1CCOCC1)C2. The number of methoxy groups -OCH3 is 1. The molecular weight excluding hydrogens is 244 g/mol. The van der Waals surface area contributed by atoms with Crippen LogP contribution in [0.15, 0.2) is 0 Å². The van der Waals surface area contributed by atoms with E-state index in [1.54, 1.807) is 0 Å². The van der Waals surface area contributed by atoms with Crippen molar-refractivity contribution in [1.29, 1.82) is 0 Å². The molecule has 0 radical (unpaired) electrons. The van der Waals surface area contributed by atoms with E-state index in [9.17, 15) is 4.79 Å². The second kappa shape index (κ2) is 5.04. The van der Waals surface area contributed by atoms with Crippen LogP contribution in [0, 0.1) is 5.92 Å². The molecule has 0 spiro atoms. The Balaban J connectivity index is 1.75. The van der Waals surface area contributed by atoms with Gasteiger partial charge in [0.2, 0.25) is 0 Å². The average molecular weight is 268 g/mol. The van der Waals surface area contributed by atoms with Crippen LogP contribution in [0.4, 0.5) is 0 Å². The van der Waals surface area contributed by atoms with E-state index >= 15 is 0 Å². The lowest BCUT2D eigenvalue weighted by atomic mass is 9.89. The van der Waals surface area contributed by atoms with Gasteiger partial charge in [0, 0.05) is 32.2 Å². The third kappa shape index (κ3) is 2.18. The minimum absolute atomic E-state index is 0.0346. The second-order valence-corrected chi connectivity index (χ2v) is 6.24. The Morgan fingerprint density at radius 1 is 1.26 bits per heavy atom. The van der Waals surface area contributed by atoms with Crippen LogP contribution in [-0.4, -0.2) is 73.9 Å². The molecule has 0 amide bonds. The van der Waals surface area contributed by atoms with Gasteiger partial charge < -0.3 is 9.47 Å². The van der Waals surface area contributed by atoms with E-state index in [4.69, 9.17) is 9.47 Å². The quantitative estimate of drug-likeness (QED) is 0.676. The Labute approximate surface area is 114 Å². The van der Waals surface area contributed by atoms with Gasteiger partial charge >= 0.3 is 5.97 Å². The number of morpholine rings is 1. The predicted molar refractivity (Wildman–Crippen MR) is 70.9 cm³/mol. The van der Waals surface area contributed by atoms with Crippen molar-refractivity contribution in [3.05, 3.63) is 0 Å². The summed E-state index contributed by atoms with van der Waals surface area (Å²) in [5.74, 6) is 0.553. The molecule has 0 aromatic heterocycles. The number of nitrogens with zero attached hydrogens (tertiary/aromatic N) is 2. The first-order valence-electron chi connectivity index (χ1n) is 7.31. The molecule has 0 bridgehead atoms. The number of carbonyl (C=O) groups is 1. The molecule has 0 aromatic rings. The number of rotatable bonds is 2. The summed E-state index contributed by atoms with van der Waals surface area (Å²) in [6, 6.07) is 0.482. The minimum Gasteiger partial charge on any atom is -0.468 e. The summed E-state index contributed by atoms with van der Waals surface area (Å²) < 4.78 is 10.5. The first-order valence-corrected chi connectivity index (χ1v) is 7.31. The number of fused-ring (bicyclic) bond motifs is 1. The standard InChI is InChI=1S/C14H24N2O3/c1-11-7-14(13(17)18-2)8-12(10-16(14)9-11)15-3-5-19-6-4-15/h11-12H,3-10H2,1-2H3/t11?,12?,14-/m0/s1. The molecular formula is C14H24N2O3. The fourth-order valence-corrected chi connectivity index (χ4v) is 4.16. The normalized spacial score (nSPS) is 40.3. The van der Waals surface area contributed by atoms with Gasteiger partial charge in [-0.2, -0.15) is 0 Å². The number of esters is 1. The largest absolute Gasteiger partial charge is 0.468 e. The van der Waals surface area contributed by atoms with Crippen LogP contribution in [0.5, 0.6) is 0 Å². The topological polar surface area (TPSA) is 42.0 Å². The first kappa shape index (κ1) is 13.3. The van der Waals surface area contributed by atoms with Gasteiger partial charge in [-0.3, -0.25) is 14.6 Å². The summed E-state index contributed by atoms with van der Waals surface area (Å²) in [6.45, 7) is 7.87. The molecule has 0 N–H and O–H groups in total. The van der Waals surface area contributed by atoms with Crippen LogP contribution in [0.3, 0.4) is 0 Å². The number of hydrogen-bond acceptors (Lipinski definition) is 5. The maximum Gasteiger partial charge on any atom is 0.326 e. The Morgan fingerprint density at radius 2 is 2.00 bits per heavy atom. The van der Waals surface area contributed by atoms with Gasteiger partial charge in [0.05, 0.1) is 20.3 Å². The first-order chi connectivity index (χ1) is 9.15. The fourth-order valence-electron chi connectivity index (χ4n) is 4.16. The van der Waals surface area contributed by atoms with E-state index in [-0.39, 0.29) is 11.5 Å².